The van der Waals surface area contributed by atoms with E-state index < -0.39 is 21.7 Å². The number of aryl methyl sites for hydroxylation is 2. The Bertz CT molecular complexity index is 1080. The lowest BCUT2D eigenvalue weighted by molar-refractivity contribution is -0.147. The van der Waals surface area contributed by atoms with Gasteiger partial charge in [0.05, 0.1) is 5.75 Å². The van der Waals surface area contributed by atoms with Crippen molar-refractivity contribution in [2.45, 2.75) is 38.0 Å². The quantitative estimate of drug-likeness (QED) is 0.595. The Morgan fingerprint density at radius 1 is 1.13 bits per heavy atom. The number of sulfone groups is 1. The second kappa shape index (κ2) is 8.35. The maximum absolute atomic E-state index is 12.7. The number of ether oxygens (including phenoxy) is 1. The summed E-state index contributed by atoms with van der Waals surface area (Å²) in [6, 6.07) is 7.17. The van der Waals surface area contributed by atoms with Gasteiger partial charge in [-0.2, -0.15) is 0 Å². The highest BCUT2D eigenvalue weighted by atomic mass is 32.2. The van der Waals surface area contributed by atoms with Gasteiger partial charge in [-0.3, -0.25) is 4.79 Å². The zero-order valence-corrected chi connectivity index (χ0v) is 17.5. The van der Waals surface area contributed by atoms with Crippen LogP contribution < -0.4 is 10.1 Å². The van der Waals surface area contributed by atoms with Gasteiger partial charge in [-0.05, 0) is 68.0 Å². The molecule has 9 heteroatoms. The zero-order chi connectivity index (χ0) is 22.1. The molecule has 1 aliphatic rings. The smallest absolute Gasteiger partial charge is 0.394 e. The lowest BCUT2D eigenvalue weighted by atomic mass is 9.87. The minimum Gasteiger partial charge on any atom is -0.507 e. The SMILES string of the molecule is Cc1cc(NC(=O)C(=O)O)cc(C)c1Oc1ccc(O)c(S(=O)(=O)CC2CCC2)c1. The summed E-state index contributed by atoms with van der Waals surface area (Å²) < 4.78 is 31.3. The number of carboxylic acids is 1. The number of aromatic hydroxyl groups is 1. The number of amides is 1. The Labute approximate surface area is 174 Å². The lowest BCUT2D eigenvalue weighted by Crippen LogP contribution is -2.22. The van der Waals surface area contributed by atoms with Gasteiger partial charge in [-0.1, -0.05) is 6.42 Å². The monoisotopic (exact) mass is 433 g/mol. The van der Waals surface area contributed by atoms with Gasteiger partial charge < -0.3 is 20.3 Å². The molecule has 0 radical (unpaired) electrons. The number of rotatable bonds is 6. The summed E-state index contributed by atoms with van der Waals surface area (Å²) in [6.45, 7) is 3.43. The van der Waals surface area contributed by atoms with Crippen LogP contribution in [0.5, 0.6) is 17.2 Å². The molecule has 0 heterocycles. The van der Waals surface area contributed by atoms with Crippen molar-refractivity contribution in [1.29, 1.82) is 0 Å². The third kappa shape index (κ3) is 4.73. The average molecular weight is 433 g/mol. The highest BCUT2D eigenvalue weighted by molar-refractivity contribution is 7.91. The molecule has 1 aliphatic carbocycles. The summed E-state index contributed by atoms with van der Waals surface area (Å²) in [5.41, 5.74) is 1.53. The van der Waals surface area contributed by atoms with E-state index in [4.69, 9.17) is 9.84 Å². The van der Waals surface area contributed by atoms with E-state index in [1.807, 2.05) is 0 Å². The van der Waals surface area contributed by atoms with Crippen molar-refractivity contribution < 1.29 is 33.0 Å². The molecule has 0 unspecified atom stereocenters. The first kappa shape index (κ1) is 21.6. The van der Waals surface area contributed by atoms with Crippen molar-refractivity contribution in [3.8, 4) is 17.2 Å². The second-order valence-electron chi connectivity index (χ2n) is 7.51. The van der Waals surface area contributed by atoms with Crippen LogP contribution in [-0.2, 0) is 19.4 Å². The molecule has 30 heavy (non-hydrogen) atoms. The topological polar surface area (TPSA) is 130 Å². The second-order valence-corrected chi connectivity index (χ2v) is 9.51. The molecule has 1 saturated carbocycles. The summed E-state index contributed by atoms with van der Waals surface area (Å²) in [6.07, 6.45) is 2.77. The number of anilines is 1. The minimum atomic E-state index is -3.65. The molecule has 1 amide bonds. The van der Waals surface area contributed by atoms with E-state index in [1.54, 1.807) is 26.0 Å². The molecule has 3 N–H and O–H groups in total. The third-order valence-electron chi connectivity index (χ3n) is 5.08. The van der Waals surface area contributed by atoms with Crippen LogP contribution in [0.2, 0.25) is 0 Å². The Morgan fingerprint density at radius 3 is 2.30 bits per heavy atom. The van der Waals surface area contributed by atoms with Crippen LogP contribution in [0.15, 0.2) is 35.2 Å². The molecule has 0 aromatic heterocycles. The number of nitrogens with one attached hydrogen (secondary N) is 1. The van der Waals surface area contributed by atoms with Crippen molar-refractivity contribution in [1.82, 2.24) is 0 Å². The molecule has 2 aromatic carbocycles. The fourth-order valence-electron chi connectivity index (χ4n) is 3.35. The van der Waals surface area contributed by atoms with Gasteiger partial charge in [0.1, 0.15) is 22.1 Å². The number of carboxylic acid groups (broad SMARTS) is 1. The fourth-order valence-corrected chi connectivity index (χ4v) is 5.17. The van der Waals surface area contributed by atoms with E-state index in [0.717, 1.165) is 19.3 Å². The Balaban J connectivity index is 1.86. The fraction of sp³-hybridized carbons (Fsp3) is 0.333. The number of phenolic OH excluding ortho intramolecular Hbond substituents is 1. The Morgan fingerprint density at radius 2 is 1.77 bits per heavy atom. The van der Waals surface area contributed by atoms with E-state index in [-0.39, 0.29) is 28.1 Å². The van der Waals surface area contributed by atoms with Crippen molar-refractivity contribution in [3.63, 3.8) is 0 Å². The van der Waals surface area contributed by atoms with Crippen molar-refractivity contribution >= 4 is 27.4 Å². The molecule has 8 nitrogen and oxygen atoms in total. The third-order valence-corrected chi connectivity index (χ3v) is 6.99. The Kier molecular flexibility index (Phi) is 6.02. The van der Waals surface area contributed by atoms with Gasteiger partial charge in [0.25, 0.3) is 0 Å². The molecule has 160 valence electrons. The first-order valence-electron chi connectivity index (χ1n) is 9.46. The number of aliphatic carboxylic acids is 1. The van der Waals surface area contributed by atoms with Crippen LogP contribution in [-0.4, -0.2) is 36.3 Å². The molecule has 0 bridgehead atoms. The van der Waals surface area contributed by atoms with Crippen LogP contribution >= 0.6 is 0 Å². The zero-order valence-electron chi connectivity index (χ0n) is 16.6. The van der Waals surface area contributed by atoms with Gasteiger partial charge in [-0.25, -0.2) is 13.2 Å². The summed E-state index contributed by atoms with van der Waals surface area (Å²) in [5.74, 6) is -2.25. The molecule has 3 rings (SSSR count). The highest BCUT2D eigenvalue weighted by Gasteiger charge is 2.28. The molecule has 0 aliphatic heterocycles. The lowest BCUT2D eigenvalue weighted by Gasteiger charge is -2.25. The van der Waals surface area contributed by atoms with Crippen LogP contribution in [0, 0.1) is 19.8 Å². The van der Waals surface area contributed by atoms with Crippen molar-refractivity contribution in [2.75, 3.05) is 11.1 Å². The highest BCUT2D eigenvalue weighted by Crippen LogP contribution is 2.36. The molecular weight excluding hydrogens is 410 g/mol. The molecule has 0 saturated heterocycles. The summed E-state index contributed by atoms with van der Waals surface area (Å²) in [7, 11) is -3.65. The molecule has 1 fully saturated rings. The average Bonchev–Trinajstić information content (AvgIpc) is 2.62. The number of carbonyl (C=O) groups excluding carboxylic acids is 1. The van der Waals surface area contributed by atoms with Gasteiger partial charge >= 0.3 is 11.9 Å². The molecular formula is C21H23NO7S. The van der Waals surface area contributed by atoms with E-state index in [2.05, 4.69) is 5.32 Å². The van der Waals surface area contributed by atoms with Gasteiger partial charge in [0.2, 0.25) is 0 Å². The van der Waals surface area contributed by atoms with Gasteiger partial charge in [-0.15, -0.1) is 0 Å². The van der Waals surface area contributed by atoms with Gasteiger partial charge in [0, 0.05) is 11.8 Å². The predicted octanol–water partition coefficient (Wildman–Crippen LogP) is 3.40. The number of hydrogen-bond acceptors (Lipinski definition) is 6. The van der Waals surface area contributed by atoms with E-state index in [1.165, 1.54) is 18.2 Å². The van der Waals surface area contributed by atoms with Crippen LogP contribution in [0.3, 0.4) is 0 Å². The first-order valence-corrected chi connectivity index (χ1v) is 11.1. The number of benzene rings is 2. The number of hydrogen-bond donors (Lipinski definition) is 3. The van der Waals surface area contributed by atoms with Crippen LogP contribution in [0.1, 0.15) is 30.4 Å². The standard InChI is InChI=1S/C21H23NO7S/c1-12-8-15(22-20(24)21(25)26)9-13(2)19(12)29-16-6-7-17(23)18(10-16)30(27,28)11-14-4-3-5-14/h6-10,14,23H,3-5,11H2,1-2H3,(H,22,24)(H,25,26). The van der Waals surface area contributed by atoms with Crippen molar-refractivity contribution in [3.05, 3.63) is 41.5 Å². The minimum absolute atomic E-state index is 0.0000409. The van der Waals surface area contributed by atoms with Crippen LogP contribution in [0.25, 0.3) is 0 Å². The largest absolute Gasteiger partial charge is 0.507 e. The van der Waals surface area contributed by atoms with E-state index >= 15 is 0 Å². The molecule has 2 aromatic rings. The van der Waals surface area contributed by atoms with E-state index in [0.29, 0.717) is 22.6 Å². The number of phenols is 1. The summed E-state index contributed by atoms with van der Waals surface area (Å²) in [5, 5.41) is 21.1. The molecule has 0 atom stereocenters. The summed E-state index contributed by atoms with van der Waals surface area (Å²) >= 11 is 0. The van der Waals surface area contributed by atoms with Crippen molar-refractivity contribution in [2.24, 2.45) is 5.92 Å². The maximum atomic E-state index is 12.7. The van der Waals surface area contributed by atoms with Crippen LogP contribution in [0.4, 0.5) is 5.69 Å². The van der Waals surface area contributed by atoms with E-state index in [9.17, 15) is 23.1 Å². The number of carbonyl (C=O) groups is 2. The predicted molar refractivity (Wildman–Crippen MR) is 110 cm³/mol. The Hall–Kier alpha value is -3.07. The van der Waals surface area contributed by atoms with Gasteiger partial charge in [0.15, 0.2) is 9.84 Å². The normalized spacial score (nSPS) is 14.1. The summed E-state index contributed by atoms with van der Waals surface area (Å²) in [4.78, 5) is 21.9. The first-order chi connectivity index (χ1) is 14.1. The maximum Gasteiger partial charge on any atom is 0.394 e. The molecule has 0 spiro atoms.